The molecule has 1 atom stereocenters. The lowest BCUT2D eigenvalue weighted by Crippen LogP contribution is -2.39. The number of nitrogens with one attached hydrogen (secondary N) is 2. The fourth-order valence-corrected chi connectivity index (χ4v) is 1.81. The van der Waals surface area contributed by atoms with E-state index in [4.69, 9.17) is 4.74 Å². The number of carbonyl (C=O) groups excluding carboxylic acids is 1. The Morgan fingerprint density at radius 1 is 1.26 bits per heavy atom. The molecule has 1 unspecified atom stereocenters. The van der Waals surface area contributed by atoms with Gasteiger partial charge in [-0.3, -0.25) is 10.1 Å². The first-order valence-electron chi connectivity index (χ1n) is 6.72. The van der Waals surface area contributed by atoms with Crippen molar-refractivity contribution in [1.29, 1.82) is 0 Å². The van der Waals surface area contributed by atoms with Gasteiger partial charge in [-0.2, -0.15) is 0 Å². The minimum absolute atomic E-state index is 0.112. The zero-order valence-corrected chi connectivity index (χ0v) is 12.2. The third-order valence-corrected chi connectivity index (χ3v) is 2.80. The van der Waals surface area contributed by atoms with Crippen LogP contribution in [-0.2, 0) is 0 Å². The van der Waals surface area contributed by atoms with E-state index in [0.29, 0.717) is 11.4 Å². The molecule has 2 rings (SSSR count). The Kier molecular flexibility index (Phi) is 4.98. The Bertz CT molecular complexity index is 703. The first-order chi connectivity index (χ1) is 10.9. The molecule has 23 heavy (non-hydrogen) atoms. The van der Waals surface area contributed by atoms with Crippen LogP contribution < -0.4 is 15.4 Å². The third kappa shape index (κ3) is 4.88. The van der Waals surface area contributed by atoms with Crippen molar-refractivity contribution in [2.45, 2.75) is 13.2 Å². The fraction of sp³-hybridized carbons (Fsp3) is 0.133. The summed E-state index contributed by atoms with van der Waals surface area (Å²) in [6.07, 6.45) is -0.641. The Labute approximate surface area is 131 Å². The Balaban J connectivity index is 1.90. The molecule has 120 valence electrons. The average Bonchev–Trinajstić information content (AvgIpc) is 2.49. The van der Waals surface area contributed by atoms with E-state index in [1.807, 2.05) is 0 Å². The van der Waals surface area contributed by atoms with Crippen molar-refractivity contribution in [1.82, 2.24) is 5.32 Å². The monoisotopic (exact) mass is 317 g/mol. The van der Waals surface area contributed by atoms with Crippen molar-refractivity contribution in [2.75, 3.05) is 5.32 Å². The Morgan fingerprint density at radius 2 is 1.96 bits per heavy atom. The molecule has 0 aromatic heterocycles. The largest absolute Gasteiger partial charge is 0.508 e. The van der Waals surface area contributed by atoms with Gasteiger partial charge in [-0.15, -0.1) is 0 Å². The van der Waals surface area contributed by atoms with Crippen LogP contribution in [0, 0.1) is 10.1 Å². The second kappa shape index (κ2) is 7.12. The van der Waals surface area contributed by atoms with Gasteiger partial charge in [0.05, 0.1) is 4.92 Å². The van der Waals surface area contributed by atoms with Gasteiger partial charge in [0.25, 0.3) is 5.69 Å². The maximum Gasteiger partial charge on any atom is 0.322 e. The van der Waals surface area contributed by atoms with Gasteiger partial charge in [-0.05, 0) is 37.3 Å². The van der Waals surface area contributed by atoms with Crippen LogP contribution in [0.5, 0.6) is 11.5 Å². The zero-order valence-electron chi connectivity index (χ0n) is 12.2. The summed E-state index contributed by atoms with van der Waals surface area (Å²) in [5.74, 6) is 0.590. The molecule has 2 amide bonds. The van der Waals surface area contributed by atoms with E-state index >= 15 is 0 Å². The number of anilines is 1. The first-order valence-corrected chi connectivity index (χ1v) is 6.72. The highest BCUT2D eigenvalue weighted by molar-refractivity contribution is 5.89. The highest BCUT2D eigenvalue weighted by atomic mass is 16.6. The van der Waals surface area contributed by atoms with Crippen LogP contribution in [0.3, 0.4) is 0 Å². The number of aromatic hydroxyl groups is 1. The molecule has 0 bridgehead atoms. The molecule has 0 radical (unpaired) electrons. The summed E-state index contributed by atoms with van der Waals surface area (Å²) in [6.45, 7) is 1.62. The SMILES string of the molecule is CC(NC(=O)Nc1cccc([N+](=O)[O-])c1)Oc1ccc(O)cc1. The summed E-state index contributed by atoms with van der Waals surface area (Å²) in [6, 6.07) is 11.1. The third-order valence-electron chi connectivity index (χ3n) is 2.80. The van der Waals surface area contributed by atoms with Gasteiger partial charge in [0.2, 0.25) is 0 Å². The van der Waals surface area contributed by atoms with Gasteiger partial charge in [0.1, 0.15) is 11.5 Å². The van der Waals surface area contributed by atoms with Gasteiger partial charge in [-0.1, -0.05) is 6.07 Å². The second-order valence-corrected chi connectivity index (χ2v) is 4.66. The Hall–Kier alpha value is -3.29. The number of urea groups is 1. The molecule has 2 aromatic rings. The van der Waals surface area contributed by atoms with Crippen LogP contribution in [0.2, 0.25) is 0 Å². The first kappa shape index (κ1) is 16.1. The second-order valence-electron chi connectivity index (χ2n) is 4.66. The number of nitrogens with zero attached hydrogens (tertiary/aromatic N) is 1. The summed E-state index contributed by atoms with van der Waals surface area (Å²) in [4.78, 5) is 22.0. The number of benzene rings is 2. The molecule has 0 saturated heterocycles. The molecule has 0 spiro atoms. The van der Waals surface area contributed by atoms with Gasteiger partial charge < -0.3 is 20.5 Å². The van der Waals surface area contributed by atoms with Crippen LogP contribution in [-0.4, -0.2) is 22.3 Å². The molecule has 0 aliphatic heterocycles. The molecular weight excluding hydrogens is 302 g/mol. The number of phenols is 1. The quantitative estimate of drug-likeness (QED) is 0.446. The lowest BCUT2D eigenvalue weighted by Gasteiger charge is -2.16. The molecule has 0 saturated carbocycles. The van der Waals surface area contributed by atoms with Crippen LogP contribution in [0.25, 0.3) is 0 Å². The predicted octanol–water partition coefficient (Wildman–Crippen LogP) is 2.85. The van der Waals surface area contributed by atoms with E-state index in [1.165, 1.54) is 36.4 Å². The molecule has 0 aliphatic rings. The number of rotatable bonds is 5. The van der Waals surface area contributed by atoms with Gasteiger partial charge >= 0.3 is 6.03 Å². The van der Waals surface area contributed by atoms with Gasteiger partial charge in [0.15, 0.2) is 6.23 Å². The van der Waals surface area contributed by atoms with Crippen molar-refractivity contribution < 1.29 is 19.6 Å². The standard InChI is InChI=1S/C15H15N3O5/c1-10(23-14-7-5-13(19)6-8-14)16-15(20)17-11-3-2-4-12(9-11)18(21)22/h2-10,19H,1H3,(H2,16,17,20). The number of nitro groups is 1. The molecule has 0 fully saturated rings. The minimum Gasteiger partial charge on any atom is -0.508 e. The fourth-order valence-electron chi connectivity index (χ4n) is 1.81. The summed E-state index contributed by atoms with van der Waals surface area (Å²) < 4.78 is 5.45. The topological polar surface area (TPSA) is 114 Å². The van der Waals surface area contributed by atoms with Crippen LogP contribution in [0.15, 0.2) is 48.5 Å². The zero-order chi connectivity index (χ0) is 16.8. The molecule has 0 heterocycles. The van der Waals surface area contributed by atoms with Crippen LogP contribution in [0.1, 0.15) is 6.92 Å². The van der Waals surface area contributed by atoms with Crippen LogP contribution >= 0.6 is 0 Å². The molecular formula is C15H15N3O5. The molecule has 2 aromatic carbocycles. The number of carbonyl (C=O) groups is 1. The lowest BCUT2D eigenvalue weighted by atomic mass is 10.3. The highest BCUT2D eigenvalue weighted by Gasteiger charge is 2.11. The van der Waals surface area contributed by atoms with E-state index < -0.39 is 17.2 Å². The molecule has 3 N–H and O–H groups in total. The normalized spacial score (nSPS) is 11.3. The molecule has 0 aliphatic carbocycles. The Morgan fingerprint density at radius 3 is 2.61 bits per heavy atom. The van der Waals surface area contributed by atoms with E-state index in [-0.39, 0.29) is 11.4 Å². The number of nitro benzene ring substituents is 1. The van der Waals surface area contributed by atoms with Crippen molar-refractivity contribution in [3.63, 3.8) is 0 Å². The lowest BCUT2D eigenvalue weighted by molar-refractivity contribution is -0.384. The van der Waals surface area contributed by atoms with Crippen molar-refractivity contribution in [3.05, 3.63) is 58.6 Å². The van der Waals surface area contributed by atoms with E-state index in [0.717, 1.165) is 0 Å². The van der Waals surface area contributed by atoms with Crippen LogP contribution in [0.4, 0.5) is 16.2 Å². The van der Waals surface area contributed by atoms with Crippen molar-refractivity contribution >= 4 is 17.4 Å². The summed E-state index contributed by atoms with van der Waals surface area (Å²) in [5.41, 5.74) is 0.185. The summed E-state index contributed by atoms with van der Waals surface area (Å²) in [7, 11) is 0. The maximum absolute atomic E-state index is 11.8. The number of hydrogen-bond acceptors (Lipinski definition) is 5. The van der Waals surface area contributed by atoms with E-state index in [2.05, 4.69) is 10.6 Å². The summed E-state index contributed by atoms with van der Waals surface area (Å²) in [5, 5.41) is 24.9. The number of hydrogen-bond donors (Lipinski definition) is 3. The minimum atomic E-state index is -0.641. The number of phenolic OH excluding ortho intramolecular Hbond substituents is 1. The van der Waals surface area contributed by atoms with Gasteiger partial charge in [0, 0.05) is 17.8 Å². The summed E-state index contributed by atoms with van der Waals surface area (Å²) >= 11 is 0. The maximum atomic E-state index is 11.8. The smallest absolute Gasteiger partial charge is 0.322 e. The molecule has 8 nitrogen and oxygen atoms in total. The number of amides is 2. The number of non-ortho nitro benzene ring substituents is 1. The molecule has 8 heteroatoms. The predicted molar refractivity (Wildman–Crippen MR) is 83.4 cm³/mol. The van der Waals surface area contributed by atoms with Gasteiger partial charge in [-0.25, -0.2) is 4.79 Å². The van der Waals surface area contributed by atoms with Crippen molar-refractivity contribution in [3.8, 4) is 11.5 Å². The van der Waals surface area contributed by atoms with E-state index in [1.54, 1.807) is 19.1 Å². The van der Waals surface area contributed by atoms with E-state index in [9.17, 15) is 20.0 Å². The highest BCUT2D eigenvalue weighted by Crippen LogP contribution is 2.18. The number of ether oxygens (including phenoxy) is 1. The van der Waals surface area contributed by atoms with Crippen molar-refractivity contribution in [2.24, 2.45) is 0 Å². The average molecular weight is 317 g/mol.